The van der Waals surface area contributed by atoms with E-state index in [-0.39, 0.29) is 43.7 Å². The number of fused-ring (bicyclic) bond motifs is 1. The molecule has 0 radical (unpaired) electrons. The van der Waals surface area contributed by atoms with Gasteiger partial charge in [0.15, 0.2) is 11.4 Å². The van der Waals surface area contributed by atoms with Gasteiger partial charge in [0.25, 0.3) is 0 Å². The monoisotopic (exact) mass is 394 g/mol. The highest BCUT2D eigenvalue weighted by Crippen LogP contribution is 2.73. The lowest BCUT2D eigenvalue weighted by atomic mass is 9.41. The average molecular weight is 394 g/mol. The van der Waals surface area contributed by atoms with Gasteiger partial charge in [-0.3, -0.25) is 19.2 Å². The van der Waals surface area contributed by atoms with Crippen molar-refractivity contribution in [3.8, 4) is 0 Å². The van der Waals surface area contributed by atoms with Crippen molar-refractivity contribution in [2.75, 3.05) is 13.2 Å². The molecule has 0 bridgehead atoms. The third-order valence-electron chi connectivity index (χ3n) is 7.77. The highest BCUT2D eigenvalue weighted by Gasteiger charge is 2.87. The largest absolute Gasteiger partial charge is 0.465 e. The number of carbonyl (C=O) groups is 4. The molecule has 154 valence electrons. The molecule has 2 saturated carbocycles. The number of ether oxygens (including phenoxy) is 4. The Bertz CT molecular complexity index is 770. The molecule has 4 fully saturated rings. The van der Waals surface area contributed by atoms with Gasteiger partial charge in [-0.1, -0.05) is 13.8 Å². The van der Waals surface area contributed by atoms with E-state index in [1.807, 2.05) is 13.8 Å². The van der Waals surface area contributed by atoms with Crippen LogP contribution in [-0.2, 0) is 38.1 Å². The van der Waals surface area contributed by atoms with Crippen LogP contribution in [0.25, 0.3) is 0 Å². The van der Waals surface area contributed by atoms with Gasteiger partial charge in [0.2, 0.25) is 0 Å². The zero-order chi connectivity index (χ0) is 20.5. The molecule has 6 atom stereocenters. The smallest absolute Gasteiger partial charge is 0.307 e. The molecule has 4 aliphatic rings. The highest BCUT2D eigenvalue weighted by molar-refractivity contribution is 5.93. The van der Waals surface area contributed by atoms with E-state index in [0.29, 0.717) is 12.8 Å². The van der Waals surface area contributed by atoms with Crippen molar-refractivity contribution < 1.29 is 38.1 Å². The van der Waals surface area contributed by atoms with E-state index < -0.39 is 40.1 Å². The fourth-order valence-electron chi connectivity index (χ4n) is 6.27. The molecule has 4 rings (SSSR count). The maximum atomic E-state index is 13.0. The molecule has 28 heavy (non-hydrogen) atoms. The van der Waals surface area contributed by atoms with Gasteiger partial charge in [0.05, 0.1) is 13.0 Å². The zero-order valence-corrected chi connectivity index (χ0v) is 16.7. The summed E-state index contributed by atoms with van der Waals surface area (Å²) in [5.41, 5.74) is -4.25. The van der Waals surface area contributed by atoms with Gasteiger partial charge in [-0.15, -0.1) is 0 Å². The fourth-order valence-corrected chi connectivity index (χ4v) is 6.27. The van der Waals surface area contributed by atoms with Crippen molar-refractivity contribution in [3.63, 3.8) is 0 Å². The van der Waals surface area contributed by atoms with E-state index in [2.05, 4.69) is 0 Å². The van der Waals surface area contributed by atoms with Crippen LogP contribution in [0.2, 0.25) is 0 Å². The van der Waals surface area contributed by atoms with Crippen LogP contribution in [0.1, 0.15) is 53.4 Å². The van der Waals surface area contributed by atoms with E-state index in [1.54, 1.807) is 0 Å². The van der Waals surface area contributed by atoms with Crippen molar-refractivity contribution in [2.24, 2.45) is 16.7 Å². The molecule has 2 spiro atoms. The second-order valence-corrected chi connectivity index (χ2v) is 8.92. The van der Waals surface area contributed by atoms with Crippen molar-refractivity contribution >= 4 is 23.7 Å². The topological polar surface area (TPSA) is 108 Å². The molecule has 6 unspecified atom stereocenters. The maximum Gasteiger partial charge on any atom is 0.307 e. The van der Waals surface area contributed by atoms with Crippen molar-refractivity contribution in [2.45, 2.75) is 70.7 Å². The number of hydrogen-bond acceptors (Lipinski definition) is 8. The summed E-state index contributed by atoms with van der Waals surface area (Å²) in [4.78, 5) is 49.3. The lowest BCUT2D eigenvalue weighted by Gasteiger charge is -2.64. The Kier molecular flexibility index (Phi) is 4.00. The number of ketones is 1. The van der Waals surface area contributed by atoms with Crippen LogP contribution in [-0.4, -0.2) is 54.2 Å². The molecule has 0 aromatic heterocycles. The average Bonchev–Trinajstić information content (AvgIpc) is 3.32. The zero-order valence-electron chi connectivity index (χ0n) is 16.7. The van der Waals surface area contributed by atoms with Gasteiger partial charge in [-0.2, -0.15) is 0 Å². The van der Waals surface area contributed by atoms with E-state index in [1.165, 1.54) is 13.8 Å². The van der Waals surface area contributed by atoms with Crippen LogP contribution in [0.5, 0.6) is 0 Å². The third kappa shape index (κ3) is 2.10. The summed E-state index contributed by atoms with van der Waals surface area (Å²) in [6.45, 7) is 6.50. The second-order valence-electron chi connectivity index (χ2n) is 8.92. The van der Waals surface area contributed by atoms with Crippen LogP contribution in [0.3, 0.4) is 0 Å². The SMILES string of the molecule is CC(=O)OCC12C(OC(C)=O)CC(C)C3(C)CC(=O)OC31CCC(=O)C21CO1. The Hall–Kier alpha value is -1.96. The summed E-state index contributed by atoms with van der Waals surface area (Å²) in [7, 11) is 0. The van der Waals surface area contributed by atoms with Crippen LogP contribution in [0.4, 0.5) is 0 Å². The first-order chi connectivity index (χ1) is 13.0. The Balaban J connectivity index is 1.97. The molecule has 0 N–H and O–H groups in total. The molecule has 0 amide bonds. The molecule has 8 heteroatoms. The molecule has 2 aliphatic carbocycles. The van der Waals surface area contributed by atoms with E-state index in [0.717, 1.165) is 0 Å². The Labute approximate surface area is 163 Å². The van der Waals surface area contributed by atoms with E-state index in [9.17, 15) is 19.2 Å². The molecular weight excluding hydrogens is 368 g/mol. The summed E-state index contributed by atoms with van der Waals surface area (Å²) in [6.07, 6.45) is 0.346. The van der Waals surface area contributed by atoms with Gasteiger partial charge >= 0.3 is 17.9 Å². The van der Waals surface area contributed by atoms with Crippen LogP contribution < -0.4 is 0 Å². The summed E-state index contributed by atoms with van der Waals surface area (Å²) >= 11 is 0. The summed E-state index contributed by atoms with van der Waals surface area (Å²) in [5.74, 6) is -1.52. The van der Waals surface area contributed by atoms with E-state index in [4.69, 9.17) is 18.9 Å². The number of rotatable bonds is 3. The molecule has 8 nitrogen and oxygen atoms in total. The Morgan fingerprint density at radius 3 is 2.46 bits per heavy atom. The first-order valence-corrected chi connectivity index (χ1v) is 9.74. The molecule has 2 saturated heterocycles. The Morgan fingerprint density at radius 1 is 1.21 bits per heavy atom. The van der Waals surface area contributed by atoms with Gasteiger partial charge in [-0.25, -0.2) is 0 Å². The standard InChI is InChI=1S/C20H26O8/c1-11-7-15(27-13(3)22)18(9-25-12(2)21)19(10-26-19)14(23)5-6-20(18)17(11,4)8-16(24)28-20/h11,15H,5-10H2,1-4H3. The lowest BCUT2D eigenvalue weighted by molar-refractivity contribution is -0.281. The first-order valence-electron chi connectivity index (χ1n) is 9.74. The van der Waals surface area contributed by atoms with Crippen LogP contribution in [0.15, 0.2) is 0 Å². The number of esters is 3. The summed E-state index contributed by atoms with van der Waals surface area (Å²) in [5, 5.41) is 0. The molecule has 2 aliphatic heterocycles. The van der Waals surface area contributed by atoms with Crippen molar-refractivity contribution in [1.29, 1.82) is 0 Å². The second kappa shape index (κ2) is 5.78. The predicted octanol–water partition coefficient (Wildman–Crippen LogP) is 1.33. The summed E-state index contributed by atoms with van der Waals surface area (Å²) in [6, 6.07) is 0. The van der Waals surface area contributed by atoms with Gasteiger partial charge in [0.1, 0.15) is 23.7 Å². The van der Waals surface area contributed by atoms with Crippen LogP contribution in [0, 0.1) is 16.7 Å². The number of epoxide rings is 1. The first kappa shape index (κ1) is 19.4. The predicted molar refractivity (Wildman–Crippen MR) is 92.9 cm³/mol. The highest BCUT2D eigenvalue weighted by atomic mass is 16.6. The minimum atomic E-state index is -1.27. The van der Waals surface area contributed by atoms with Crippen molar-refractivity contribution in [1.82, 2.24) is 0 Å². The Morgan fingerprint density at radius 2 is 1.89 bits per heavy atom. The molecule has 0 aromatic carbocycles. The number of hydrogen-bond donors (Lipinski definition) is 0. The van der Waals surface area contributed by atoms with Crippen molar-refractivity contribution in [3.05, 3.63) is 0 Å². The van der Waals surface area contributed by atoms with Gasteiger partial charge in [0, 0.05) is 25.7 Å². The molecular formula is C20H26O8. The maximum absolute atomic E-state index is 13.0. The quantitative estimate of drug-likeness (QED) is 0.401. The fraction of sp³-hybridized carbons (Fsp3) is 0.800. The third-order valence-corrected chi connectivity index (χ3v) is 7.77. The lowest BCUT2D eigenvalue weighted by Crippen LogP contribution is -2.77. The number of Topliss-reactive ketones (excluding diaryl/α,β-unsaturated/α-hetero) is 1. The summed E-state index contributed by atoms with van der Waals surface area (Å²) < 4.78 is 23.0. The van der Waals surface area contributed by atoms with Crippen LogP contribution >= 0.6 is 0 Å². The molecule has 0 aromatic rings. The molecule has 2 heterocycles. The minimum Gasteiger partial charge on any atom is -0.465 e. The van der Waals surface area contributed by atoms with Gasteiger partial charge in [-0.05, 0) is 18.8 Å². The van der Waals surface area contributed by atoms with Gasteiger partial charge < -0.3 is 18.9 Å². The normalized spacial score (nSPS) is 46.4. The number of carbonyl (C=O) groups excluding carboxylic acids is 4. The van der Waals surface area contributed by atoms with E-state index >= 15 is 0 Å². The minimum absolute atomic E-state index is 0.0160.